The fourth-order valence-electron chi connectivity index (χ4n) is 3.43. The predicted molar refractivity (Wildman–Crippen MR) is 114 cm³/mol. The van der Waals surface area contributed by atoms with Crippen LogP contribution in [0.5, 0.6) is 5.75 Å². The zero-order valence-electron chi connectivity index (χ0n) is 17.3. The summed E-state index contributed by atoms with van der Waals surface area (Å²) in [4.78, 5) is 12.9. The van der Waals surface area contributed by atoms with Crippen LogP contribution in [0.4, 0.5) is 0 Å². The van der Waals surface area contributed by atoms with E-state index in [-0.39, 0.29) is 29.1 Å². The molecule has 2 aromatic rings. The van der Waals surface area contributed by atoms with Crippen LogP contribution in [0.3, 0.4) is 0 Å². The van der Waals surface area contributed by atoms with E-state index in [0.717, 1.165) is 24.0 Å². The summed E-state index contributed by atoms with van der Waals surface area (Å²) >= 11 is 0. The Kier molecular flexibility index (Phi) is 7.47. The number of carbonyl (C=O) groups excluding carboxylic acids is 1. The molecule has 3 rings (SSSR count). The first-order valence-corrected chi connectivity index (χ1v) is 11.5. The van der Waals surface area contributed by atoms with Crippen LogP contribution in [0, 0.1) is 6.92 Å². The summed E-state index contributed by atoms with van der Waals surface area (Å²) < 4.78 is 39.6. The number of ether oxygens (including phenoxy) is 2. The van der Waals surface area contributed by atoms with Crippen molar-refractivity contribution < 1.29 is 22.7 Å². The van der Waals surface area contributed by atoms with Crippen molar-refractivity contribution in [2.24, 2.45) is 0 Å². The molecule has 30 heavy (non-hydrogen) atoms. The van der Waals surface area contributed by atoms with Crippen LogP contribution in [0.15, 0.2) is 53.4 Å². The highest BCUT2D eigenvalue weighted by atomic mass is 32.2. The second kappa shape index (κ2) is 10.1. The molecular weight excluding hydrogens is 404 g/mol. The highest BCUT2D eigenvalue weighted by molar-refractivity contribution is 7.89. The molecule has 8 heteroatoms. The van der Waals surface area contributed by atoms with E-state index < -0.39 is 16.1 Å². The quantitative estimate of drug-likeness (QED) is 0.634. The lowest BCUT2D eigenvalue weighted by Crippen LogP contribution is -2.49. The van der Waals surface area contributed by atoms with E-state index in [1.54, 1.807) is 19.1 Å². The van der Waals surface area contributed by atoms with Crippen molar-refractivity contribution in [3.63, 3.8) is 0 Å². The van der Waals surface area contributed by atoms with E-state index in [2.05, 4.69) is 10.0 Å². The molecule has 1 amide bonds. The molecule has 7 nitrogen and oxygen atoms in total. The largest absolute Gasteiger partial charge is 0.495 e. The monoisotopic (exact) mass is 432 g/mol. The van der Waals surface area contributed by atoms with Crippen molar-refractivity contribution in [2.75, 3.05) is 20.3 Å². The molecule has 2 N–H and O–H groups in total. The molecule has 162 valence electrons. The van der Waals surface area contributed by atoms with Gasteiger partial charge in [-0.15, -0.1) is 0 Å². The highest BCUT2D eigenvalue weighted by Crippen LogP contribution is 2.25. The van der Waals surface area contributed by atoms with E-state index in [1.807, 2.05) is 30.3 Å². The molecule has 2 aromatic carbocycles. The minimum Gasteiger partial charge on any atom is -0.495 e. The van der Waals surface area contributed by atoms with Crippen LogP contribution in [-0.2, 0) is 26.0 Å². The van der Waals surface area contributed by atoms with Gasteiger partial charge in [0.05, 0.1) is 13.2 Å². The number of carbonyl (C=O) groups is 1. The van der Waals surface area contributed by atoms with Gasteiger partial charge in [-0.1, -0.05) is 36.4 Å². The van der Waals surface area contributed by atoms with Gasteiger partial charge in [0.2, 0.25) is 15.9 Å². The van der Waals surface area contributed by atoms with Crippen LogP contribution in [0.1, 0.15) is 24.0 Å². The molecule has 1 fully saturated rings. The number of hydrogen-bond donors (Lipinski definition) is 2. The molecular formula is C22H28N2O5S. The fraction of sp³-hybridized carbons (Fsp3) is 0.409. The minimum absolute atomic E-state index is 0.00925. The molecule has 0 bridgehead atoms. The number of hydrogen-bond acceptors (Lipinski definition) is 5. The molecule has 1 saturated heterocycles. The van der Waals surface area contributed by atoms with Crippen molar-refractivity contribution in [2.45, 2.75) is 43.2 Å². The Bertz CT molecular complexity index is 957. The molecule has 0 radical (unpaired) electrons. The number of benzene rings is 2. The van der Waals surface area contributed by atoms with Crippen LogP contribution in [0.2, 0.25) is 0 Å². The zero-order valence-corrected chi connectivity index (χ0v) is 18.1. The normalized spacial score (nSPS) is 17.5. The molecule has 0 spiro atoms. The van der Waals surface area contributed by atoms with E-state index in [0.29, 0.717) is 13.2 Å². The topological polar surface area (TPSA) is 93.7 Å². The summed E-state index contributed by atoms with van der Waals surface area (Å²) in [6, 6.07) is 13.3. The molecule has 1 aliphatic heterocycles. The molecule has 0 aromatic heterocycles. The second-order valence-electron chi connectivity index (χ2n) is 7.40. The lowest BCUT2D eigenvalue weighted by Gasteiger charge is -2.21. The summed E-state index contributed by atoms with van der Waals surface area (Å²) in [6.07, 6.45) is 2.05. The number of rotatable bonds is 9. The van der Waals surface area contributed by atoms with Gasteiger partial charge in [0.25, 0.3) is 0 Å². The van der Waals surface area contributed by atoms with E-state index >= 15 is 0 Å². The van der Waals surface area contributed by atoms with Gasteiger partial charge in [0.15, 0.2) is 0 Å². The Morgan fingerprint density at radius 3 is 2.67 bits per heavy atom. The van der Waals surface area contributed by atoms with Crippen LogP contribution < -0.4 is 14.8 Å². The number of sulfonamides is 1. The molecule has 1 heterocycles. The Morgan fingerprint density at radius 1 is 1.23 bits per heavy atom. The first-order valence-electron chi connectivity index (χ1n) is 9.99. The van der Waals surface area contributed by atoms with Crippen LogP contribution >= 0.6 is 0 Å². The number of methoxy groups -OCH3 is 1. The first kappa shape index (κ1) is 22.3. The molecule has 0 unspecified atom stereocenters. The van der Waals surface area contributed by atoms with Crippen molar-refractivity contribution in [1.29, 1.82) is 0 Å². The Morgan fingerprint density at radius 2 is 2.00 bits per heavy atom. The Labute approximate surface area is 177 Å². The van der Waals surface area contributed by atoms with E-state index in [4.69, 9.17) is 9.47 Å². The van der Waals surface area contributed by atoms with Gasteiger partial charge in [-0.3, -0.25) is 4.79 Å². The molecule has 0 aliphatic carbocycles. The van der Waals surface area contributed by atoms with Gasteiger partial charge < -0.3 is 14.8 Å². The average molecular weight is 433 g/mol. The SMILES string of the molecule is COc1ccc(C)cc1S(=O)(=O)N[C@@H](Cc1ccccc1)C(=O)NC[C@@H]1CCCO1. The summed E-state index contributed by atoms with van der Waals surface area (Å²) in [6.45, 7) is 2.85. The van der Waals surface area contributed by atoms with Gasteiger partial charge in [0, 0.05) is 13.2 Å². The Hall–Kier alpha value is -2.42. The maximum absolute atomic E-state index is 13.1. The van der Waals surface area contributed by atoms with Gasteiger partial charge in [-0.05, 0) is 49.4 Å². The van der Waals surface area contributed by atoms with E-state index in [1.165, 1.54) is 13.2 Å². The number of amides is 1. The van der Waals surface area contributed by atoms with Crippen LogP contribution in [-0.4, -0.2) is 46.7 Å². The minimum atomic E-state index is -3.99. The number of nitrogens with one attached hydrogen (secondary N) is 2. The van der Waals surface area contributed by atoms with Gasteiger partial charge in [0.1, 0.15) is 16.7 Å². The molecule has 2 atom stereocenters. The van der Waals surface area contributed by atoms with Gasteiger partial charge in [-0.25, -0.2) is 8.42 Å². The molecule has 1 aliphatic rings. The van der Waals surface area contributed by atoms with Gasteiger partial charge in [-0.2, -0.15) is 4.72 Å². The summed E-state index contributed by atoms with van der Waals surface area (Å²) in [5.74, 6) is -0.157. The lowest BCUT2D eigenvalue weighted by molar-refractivity contribution is -0.123. The second-order valence-corrected chi connectivity index (χ2v) is 9.08. The van der Waals surface area contributed by atoms with Crippen molar-refractivity contribution in [3.05, 3.63) is 59.7 Å². The number of aryl methyl sites for hydroxylation is 1. The summed E-state index contributed by atoms with van der Waals surface area (Å²) in [7, 11) is -2.58. The third kappa shape index (κ3) is 5.81. The van der Waals surface area contributed by atoms with Crippen LogP contribution in [0.25, 0.3) is 0 Å². The van der Waals surface area contributed by atoms with Crippen molar-refractivity contribution in [1.82, 2.24) is 10.0 Å². The summed E-state index contributed by atoms with van der Waals surface area (Å²) in [5.41, 5.74) is 1.63. The Balaban J connectivity index is 1.81. The standard InChI is InChI=1S/C22H28N2O5S/c1-16-10-11-20(28-2)21(13-16)30(26,27)24-19(14-17-7-4-3-5-8-17)22(25)23-15-18-9-6-12-29-18/h3-5,7-8,10-11,13,18-19,24H,6,9,12,14-15H2,1-2H3,(H,23,25)/t18-,19-/m0/s1. The third-order valence-electron chi connectivity index (χ3n) is 5.03. The average Bonchev–Trinajstić information content (AvgIpc) is 3.26. The first-order chi connectivity index (χ1) is 14.4. The van der Waals surface area contributed by atoms with E-state index in [9.17, 15) is 13.2 Å². The van der Waals surface area contributed by atoms with Crippen molar-refractivity contribution >= 4 is 15.9 Å². The highest BCUT2D eigenvalue weighted by Gasteiger charge is 2.29. The smallest absolute Gasteiger partial charge is 0.244 e. The maximum atomic E-state index is 13.1. The third-order valence-corrected chi connectivity index (χ3v) is 6.53. The summed E-state index contributed by atoms with van der Waals surface area (Å²) in [5, 5.41) is 2.84. The molecule has 0 saturated carbocycles. The zero-order chi connectivity index (χ0) is 21.6. The predicted octanol–water partition coefficient (Wildman–Crippen LogP) is 2.19. The van der Waals surface area contributed by atoms with Crippen molar-refractivity contribution in [3.8, 4) is 5.75 Å². The van der Waals surface area contributed by atoms with Gasteiger partial charge >= 0.3 is 0 Å². The fourth-order valence-corrected chi connectivity index (χ4v) is 4.87. The lowest BCUT2D eigenvalue weighted by atomic mass is 10.1. The maximum Gasteiger partial charge on any atom is 0.244 e.